The van der Waals surface area contributed by atoms with Gasteiger partial charge in [-0.05, 0) is 23.1 Å². The largest absolute Gasteiger partial charge is 0.347 e. The molecule has 0 radical (unpaired) electrons. The molecule has 1 N–H and O–H groups in total. The van der Waals surface area contributed by atoms with Gasteiger partial charge >= 0.3 is 0 Å². The summed E-state index contributed by atoms with van der Waals surface area (Å²) in [6, 6.07) is 13.9. The Bertz CT molecular complexity index is 865. The van der Waals surface area contributed by atoms with Gasteiger partial charge < -0.3 is 14.8 Å². The first kappa shape index (κ1) is 16.3. The van der Waals surface area contributed by atoms with Crippen LogP contribution in [0.15, 0.2) is 47.8 Å². The number of nitrogens with zero attached hydrogens (tertiary/aromatic N) is 2. The van der Waals surface area contributed by atoms with E-state index in [0.29, 0.717) is 12.2 Å². The fourth-order valence-corrected chi connectivity index (χ4v) is 3.33. The van der Waals surface area contributed by atoms with Crippen molar-refractivity contribution in [3.05, 3.63) is 59.1 Å². The summed E-state index contributed by atoms with van der Waals surface area (Å²) >= 11 is 1.60. The van der Waals surface area contributed by atoms with Gasteiger partial charge in [0.2, 0.25) is 5.91 Å². The number of benzene rings is 1. The summed E-state index contributed by atoms with van der Waals surface area (Å²) in [5, 5.41) is 4.73. The van der Waals surface area contributed by atoms with E-state index in [1.54, 1.807) is 25.4 Å². The number of rotatable bonds is 5. The average molecular weight is 341 g/mol. The van der Waals surface area contributed by atoms with E-state index >= 15 is 0 Å². The number of hydrogen-bond donors (Lipinski definition) is 1. The van der Waals surface area contributed by atoms with Gasteiger partial charge in [0.1, 0.15) is 5.69 Å². The molecule has 0 bridgehead atoms. The summed E-state index contributed by atoms with van der Waals surface area (Å²) in [5.74, 6) is -0.365. The van der Waals surface area contributed by atoms with Crippen molar-refractivity contribution in [2.45, 2.75) is 6.54 Å². The molecule has 6 heteroatoms. The van der Waals surface area contributed by atoms with Crippen molar-refractivity contribution in [1.29, 1.82) is 0 Å². The Labute approximate surface area is 144 Å². The monoisotopic (exact) mass is 341 g/mol. The third kappa shape index (κ3) is 3.33. The quantitative estimate of drug-likeness (QED) is 0.775. The number of aromatic nitrogens is 1. The van der Waals surface area contributed by atoms with E-state index in [1.807, 2.05) is 52.4 Å². The molecule has 0 aliphatic rings. The van der Waals surface area contributed by atoms with Crippen LogP contribution in [0.4, 0.5) is 0 Å². The summed E-state index contributed by atoms with van der Waals surface area (Å²) in [5.41, 5.74) is 2.74. The lowest BCUT2D eigenvalue weighted by molar-refractivity contribution is -0.127. The molecule has 0 fully saturated rings. The van der Waals surface area contributed by atoms with Gasteiger partial charge in [-0.2, -0.15) is 0 Å². The van der Waals surface area contributed by atoms with Crippen LogP contribution in [0.25, 0.3) is 10.2 Å². The second-order valence-electron chi connectivity index (χ2n) is 5.74. The Morgan fingerprint density at radius 3 is 2.62 bits per heavy atom. The zero-order valence-electron chi connectivity index (χ0n) is 13.7. The molecule has 0 saturated heterocycles. The fraction of sp³-hybridized carbons (Fsp3) is 0.222. The first-order valence-electron chi connectivity index (χ1n) is 7.65. The number of amides is 2. The molecule has 2 aromatic heterocycles. The van der Waals surface area contributed by atoms with Crippen LogP contribution in [0.3, 0.4) is 0 Å². The lowest BCUT2D eigenvalue weighted by Gasteiger charge is -2.13. The van der Waals surface area contributed by atoms with Gasteiger partial charge in [0.15, 0.2) is 0 Å². The molecule has 3 rings (SSSR count). The van der Waals surface area contributed by atoms with E-state index in [9.17, 15) is 9.59 Å². The van der Waals surface area contributed by atoms with Crippen LogP contribution in [0.5, 0.6) is 0 Å². The number of likely N-dealkylation sites (N-methyl/N-ethyl adjacent to an activating group) is 1. The lowest BCUT2D eigenvalue weighted by Crippen LogP contribution is -2.37. The van der Waals surface area contributed by atoms with Crippen LogP contribution >= 0.6 is 11.3 Å². The second kappa shape index (κ2) is 6.88. The van der Waals surface area contributed by atoms with Crippen molar-refractivity contribution < 1.29 is 9.59 Å². The molecule has 5 nitrogen and oxygen atoms in total. The molecule has 3 aromatic rings. The molecule has 0 spiro atoms. The van der Waals surface area contributed by atoms with Crippen molar-refractivity contribution in [3.8, 4) is 0 Å². The van der Waals surface area contributed by atoms with E-state index in [1.165, 1.54) is 4.90 Å². The van der Waals surface area contributed by atoms with E-state index in [2.05, 4.69) is 5.32 Å². The minimum Gasteiger partial charge on any atom is -0.347 e. The highest BCUT2D eigenvalue weighted by molar-refractivity contribution is 7.17. The van der Waals surface area contributed by atoms with Gasteiger partial charge in [-0.3, -0.25) is 9.59 Å². The maximum atomic E-state index is 12.6. The minimum absolute atomic E-state index is 0.00397. The Morgan fingerprint density at radius 2 is 1.92 bits per heavy atom. The Morgan fingerprint density at radius 1 is 1.17 bits per heavy atom. The number of hydrogen-bond acceptors (Lipinski definition) is 3. The van der Waals surface area contributed by atoms with E-state index in [4.69, 9.17) is 0 Å². The van der Waals surface area contributed by atoms with Gasteiger partial charge in [0.25, 0.3) is 5.91 Å². The molecule has 2 heterocycles. The SMILES string of the molecule is CN(C)C(=O)CNC(=O)c1cc2sccc2n1Cc1ccccc1. The fourth-order valence-electron chi connectivity index (χ4n) is 2.51. The minimum atomic E-state index is -0.232. The molecule has 124 valence electrons. The maximum Gasteiger partial charge on any atom is 0.268 e. The molecular formula is C18H19N3O2S. The van der Waals surface area contributed by atoms with Crippen LogP contribution in [0.1, 0.15) is 16.1 Å². The lowest BCUT2D eigenvalue weighted by atomic mass is 10.2. The first-order valence-corrected chi connectivity index (χ1v) is 8.53. The number of fused-ring (bicyclic) bond motifs is 1. The van der Waals surface area contributed by atoms with Crippen molar-refractivity contribution in [2.75, 3.05) is 20.6 Å². The summed E-state index contributed by atoms with van der Waals surface area (Å²) in [4.78, 5) is 25.7. The zero-order valence-corrected chi connectivity index (χ0v) is 14.5. The van der Waals surface area contributed by atoms with Crippen molar-refractivity contribution in [2.24, 2.45) is 0 Å². The van der Waals surface area contributed by atoms with Crippen molar-refractivity contribution in [1.82, 2.24) is 14.8 Å². The van der Waals surface area contributed by atoms with Crippen LogP contribution < -0.4 is 5.32 Å². The predicted octanol–water partition coefficient (Wildman–Crippen LogP) is 2.57. The number of carbonyl (C=O) groups excluding carboxylic acids is 2. The smallest absolute Gasteiger partial charge is 0.268 e. The van der Waals surface area contributed by atoms with Crippen molar-refractivity contribution >= 4 is 33.4 Å². The van der Waals surface area contributed by atoms with Gasteiger partial charge in [0, 0.05) is 20.6 Å². The van der Waals surface area contributed by atoms with Gasteiger partial charge in [-0.1, -0.05) is 30.3 Å². The van der Waals surface area contributed by atoms with Gasteiger partial charge in [-0.15, -0.1) is 11.3 Å². The normalized spacial score (nSPS) is 10.8. The summed E-state index contributed by atoms with van der Waals surface area (Å²) < 4.78 is 3.06. The molecule has 0 saturated carbocycles. The van der Waals surface area contributed by atoms with E-state index < -0.39 is 0 Å². The number of nitrogens with one attached hydrogen (secondary N) is 1. The molecule has 1 aromatic carbocycles. The molecule has 0 aliphatic heterocycles. The molecular weight excluding hydrogens is 322 g/mol. The highest BCUT2D eigenvalue weighted by Gasteiger charge is 2.17. The third-order valence-corrected chi connectivity index (χ3v) is 4.69. The zero-order chi connectivity index (χ0) is 17.1. The van der Waals surface area contributed by atoms with Gasteiger partial charge in [-0.25, -0.2) is 0 Å². The summed E-state index contributed by atoms with van der Waals surface area (Å²) in [6.45, 7) is 0.613. The summed E-state index contributed by atoms with van der Waals surface area (Å²) in [6.07, 6.45) is 0. The standard InChI is InChI=1S/C18H19N3O2S/c1-20(2)17(22)11-19-18(23)15-10-16-14(8-9-24-16)21(15)12-13-6-4-3-5-7-13/h3-10H,11-12H2,1-2H3,(H,19,23). The maximum absolute atomic E-state index is 12.6. The topological polar surface area (TPSA) is 54.3 Å². The third-order valence-electron chi connectivity index (χ3n) is 3.84. The highest BCUT2D eigenvalue weighted by Crippen LogP contribution is 2.26. The van der Waals surface area contributed by atoms with E-state index in [0.717, 1.165) is 15.8 Å². The Hall–Kier alpha value is -2.60. The highest BCUT2D eigenvalue weighted by atomic mass is 32.1. The molecule has 0 unspecified atom stereocenters. The van der Waals surface area contributed by atoms with Crippen LogP contribution in [-0.4, -0.2) is 41.9 Å². The Kier molecular flexibility index (Phi) is 4.66. The first-order chi connectivity index (χ1) is 11.6. The molecule has 24 heavy (non-hydrogen) atoms. The second-order valence-corrected chi connectivity index (χ2v) is 6.69. The van der Waals surface area contributed by atoms with Crippen LogP contribution in [0, 0.1) is 0 Å². The summed E-state index contributed by atoms with van der Waals surface area (Å²) in [7, 11) is 3.34. The van der Waals surface area contributed by atoms with Gasteiger partial charge in [0.05, 0.1) is 16.8 Å². The molecule has 0 atom stereocenters. The number of thiophene rings is 1. The average Bonchev–Trinajstić information content (AvgIpc) is 3.16. The van der Waals surface area contributed by atoms with Crippen LogP contribution in [0.2, 0.25) is 0 Å². The molecule has 2 amide bonds. The Balaban J connectivity index is 1.87. The molecule has 0 aliphatic carbocycles. The van der Waals surface area contributed by atoms with Crippen molar-refractivity contribution in [3.63, 3.8) is 0 Å². The predicted molar refractivity (Wildman–Crippen MR) is 96.4 cm³/mol. The van der Waals surface area contributed by atoms with E-state index in [-0.39, 0.29) is 18.4 Å². The van der Waals surface area contributed by atoms with Crippen LogP contribution in [-0.2, 0) is 11.3 Å². The number of carbonyl (C=O) groups is 2.